The van der Waals surface area contributed by atoms with Crippen LogP contribution in [0.3, 0.4) is 0 Å². The van der Waals surface area contributed by atoms with E-state index in [4.69, 9.17) is 5.11 Å². The highest BCUT2D eigenvalue weighted by molar-refractivity contribution is 5.93. The van der Waals surface area contributed by atoms with Crippen molar-refractivity contribution in [2.75, 3.05) is 25.1 Å². The third-order valence-electron chi connectivity index (χ3n) is 1.89. The number of halogens is 4. The molecule has 0 unspecified atom stereocenters. The van der Waals surface area contributed by atoms with Crippen LogP contribution in [-0.4, -0.2) is 42.0 Å². The van der Waals surface area contributed by atoms with Crippen LogP contribution in [-0.2, 0) is 4.74 Å². The van der Waals surface area contributed by atoms with Gasteiger partial charge in [-0.3, -0.25) is 0 Å². The third-order valence-corrected chi connectivity index (χ3v) is 1.89. The number of pyridine rings is 1. The maximum Gasteiger partial charge on any atom is 0.411 e. The van der Waals surface area contributed by atoms with Crippen molar-refractivity contribution in [2.24, 2.45) is 0 Å². The van der Waals surface area contributed by atoms with E-state index in [1.54, 1.807) is 0 Å². The molecule has 0 aliphatic heterocycles. The average Bonchev–Trinajstić information content (AvgIpc) is 2.28. The standard InChI is InChI=1S/C10H10F4N2O3/c11-6-3-7(9(17)18)8(16-4-6)15-1-2-19-5-10(12,13)14/h3-4H,1-2,5H2,(H,15,16)(H,17,18). The molecular weight excluding hydrogens is 272 g/mol. The third kappa shape index (κ3) is 5.51. The van der Waals surface area contributed by atoms with Gasteiger partial charge in [-0.25, -0.2) is 14.2 Å². The van der Waals surface area contributed by atoms with Crippen molar-refractivity contribution in [3.05, 3.63) is 23.6 Å². The van der Waals surface area contributed by atoms with Gasteiger partial charge >= 0.3 is 12.1 Å². The second kappa shape index (κ2) is 6.32. The largest absolute Gasteiger partial charge is 0.478 e. The molecule has 0 amide bonds. The molecule has 0 radical (unpaired) electrons. The highest BCUT2D eigenvalue weighted by Gasteiger charge is 2.27. The summed E-state index contributed by atoms with van der Waals surface area (Å²) in [4.78, 5) is 14.3. The summed E-state index contributed by atoms with van der Waals surface area (Å²) < 4.78 is 52.3. The van der Waals surface area contributed by atoms with Crippen LogP contribution in [0.5, 0.6) is 0 Å². The minimum atomic E-state index is -4.42. The summed E-state index contributed by atoms with van der Waals surface area (Å²) in [5.74, 6) is -2.36. The van der Waals surface area contributed by atoms with Gasteiger partial charge in [0, 0.05) is 6.54 Å². The van der Waals surface area contributed by atoms with E-state index >= 15 is 0 Å². The molecule has 0 aliphatic rings. The Morgan fingerprint density at radius 3 is 2.74 bits per heavy atom. The van der Waals surface area contributed by atoms with Gasteiger partial charge in [-0.15, -0.1) is 0 Å². The summed E-state index contributed by atoms with van der Waals surface area (Å²) in [7, 11) is 0. The quantitative estimate of drug-likeness (QED) is 0.616. The summed E-state index contributed by atoms with van der Waals surface area (Å²) in [5.41, 5.74) is -0.407. The first kappa shape index (κ1) is 15.2. The zero-order valence-electron chi connectivity index (χ0n) is 9.50. The van der Waals surface area contributed by atoms with Crippen LogP contribution in [0.4, 0.5) is 23.4 Å². The molecule has 1 rings (SSSR count). The lowest BCUT2D eigenvalue weighted by Gasteiger charge is -2.10. The lowest BCUT2D eigenvalue weighted by Crippen LogP contribution is -2.20. The van der Waals surface area contributed by atoms with Gasteiger partial charge in [0.25, 0.3) is 0 Å². The van der Waals surface area contributed by atoms with Gasteiger partial charge in [-0.1, -0.05) is 0 Å². The predicted octanol–water partition coefficient (Wildman–Crippen LogP) is 1.91. The van der Waals surface area contributed by atoms with Gasteiger partial charge < -0.3 is 15.2 Å². The van der Waals surface area contributed by atoms with E-state index in [1.807, 2.05) is 0 Å². The topological polar surface area (TPSA) is 71.5 Å². The summed E-state index contributed by atoms with van der Waals surface area (Å²) in [6.07, 6.45) is -3.62. The number of ether oxygens (including phenoxy) is 1. The van der Waals surface area contributed by atoms with E-state index in [9.17, 15) is 22.4 Å². The Morgan fingerprint density at radius 1 is 1.47 bits per heavy atom. The number of anilines is 1. The van der Waals surface area contributed by atoms with Crippen molar-refractivity contribution in [1.82, 2.24) is 4.98 Å². The monoisotopic (exact) mass is 282 g/mol. The molecule has 0 aliphatic carbocycles. The number of carboxylic acids is 1. The van der Waals surface area contributed by atoms with Crippen molar-refractivity contribution >= 4 is 11.8 Å². The van der Waals surface area contributed by atoms with Crippen molar-refractivity contribution in [3.63, 3.8) is 0 Å². The van der Waals surface area contributed by atoms with E-state index in [0.29, 0.717) is 0 Å². The summed E-state index contributed by atoms with van der Waals surface area (Å²) >= 11 is 0. The molecular formula is C10H10F4N2O3. The van der Waals surface area contributed by atoms with Gasteiger partial charge in [-0.2, -0.15) is 13.2 Å². The molecule has 0 atom stereocenters. The Morgan fingerprint density at radius 2 is 2.16 bits per heavy atom. The van der Waals surface area contributed by atoms with Crippen molar-refractivity contribution in [2.45, 2.75) is 6.18 Å². The minimum absolute atomic E-state index is 0.0883. The molecule has 0 spiro atoms. The first-order valence-corrected chi connectivity index (χ1v) is 5.07. The van der Waals surface area contributed by atoms with Crippen molar-refractivity contribution in [3.8, 4) is 0 Å². The fraction of sp³-hybridized carbons (Fsp3) is 0.400. The van der Waals surface area contributed by atoms with Crippen LogP contribution in [0.2, 0.25) is 0 Å². The highest BCUT2D eigenvalue weighted by atomic mass is 19.4. The van der Waals surface area contributed by atoms with E-state index in [2.05, 4.69) is 15.0 Å². The average molecular weight is 282 g/mol. The summed E-state index contributed by atoms with van der Waals surface area (Å²) in [6, 6.07) is 0.758. The molecule has 0 aromatic carbocycles. The number of alkyl halides is 3. The molecule has 1 aromatic rings. The molecule has 1 heterocycles. The number of carbonyl (C=O) groups is 1. The van der Waals surface area contributed by atoms with Crippen LogP contribution >= 0.6 is 0 Å². The Kier molecular flexibility index (Phi) is 5.04. The first-order valence-electron chi connectivity index (χ1n) is 5.07. The van der Waals surface area contributed by atoms with Crippen LogP contribution in [0.25, 0.3) is 0 Å². The molecule has 5 nitrogen and oxygen atoms in total. The molecule has 1 aromatic heterocycles. The number of aromatic nitrogens is 1. The van der Waals surface area contributed by atoms with Crippen LogP contribution in [0.1, 0.15) is 10.4 Å². The van der Waals surface area contributed by atoms with Crippen LogP contribution < -0.4 is 5.32 Å². The van der Waals surface area contributed by atoms with E-state index in [1.165, 1.54) is 0 Å². The van der Waals surface area contributed by atoms with E-state index in [0.717, 1.165) is 12.3 Å². The fourth-order valence-electron chi connectivity index (χ4n) is 1.17. The van der Waals surface area contributed by atoms with Gasteiger partial charge in [-0.05, 0) is 6.07 Å². The molecule has 2 N–H and O–H groups in total. The number of hydrogen-bond donors (Lipinski definition) is 2. The van der Waals surface area contributed by atoms with Gasteiger partial charge in [0.2, 0.25) is 0 Å². The number of hydrogen-bond acceptors (Lipinski definition) is 4. The number of nitrogens with zero attached hydrogens (tertiary/aromatic N) is 1. The highest BCUT2D eigenvalue weighted by Crippen LogP contribution is 2.15. The smallest absolute Gasteiger partial charge is 0.411 e. The Balaban J connectivity index is 2.47. The summed E-state index contributed by atoms with van der Waals surface area (Å²) in [6.45, 7) is -1.77. The molecule has 9 heteroatoms. The van der Waals surface area contributed by atoms with Crippen LogP contribution in [0, 0.1) is 5.82 Å². The van der Waals surface area contributed by atoms with Crippen molar-refractivity contribution in [1.29, 1.82) is 0 Å². The number of rotatable bonds is 6. The maximum absolute atomic E-state index is 12.8. The Hall–Kier alpha value is -1.90. The zero-order chi connectivity index (χ0) is 14.5. The predicted molar refractivity (Wildman–Crippen MR) is 56.5 cm³/mol. The maximum atomic E-state index is 12.8. The normalized spacial score (nSPS) is 11.4. The van der Waals surface area contributed by atoms with Gasteiger partial charge in [0.05, 0.1) is 12.8 Å². The SMILES string of the molecule is O=C(O)c1cc(F)cnc1NCCOCC(F)(F)F. The Labute approximate surface area is 105 Å². The first-order chi connectivity index (χ1) is 8.79. The molecule has 106 valence electrons. The van der Waals surface area contributed by atoms with E-state index < -0.39 is 30.1 Å². The molecule has 0 saturated carbocycles. The molecule has 0 saturated heterocycles. The van der Waals surface area contributed by atoms with Gasteiger partial charge in [0.1, 0.15) is 23.8 Å². The number of nitrogens with one attached hydrogen (secondary N) is 1. The Bertz CT molecular complexity index is 451. The minimum Gasteiger partial charge on any atom is -0.478 e. The second-order valence-electron chi connectivity index (χ2n) is 3.45. The lowest BCUT2D eigenvalue weighted by molar-refractivity contribution is -0.172. The van der Waals surface area contributed by atoms with Gasteiger partial charge in [0.15, 0.2) is 0 Å². The number of aromatic carboxylic acids is 1. The summed E-state index contributed by atoms with van der Waals surface area (Å²) in [5, 5.41) is 11.2. The molecule has 0 fully saturated rings. The van der Waals surface area contributed by atoms with E-state index in [-0.39, 0.29) is 19.0 Å². The number of carboxylic acid groups (broad SMARTS) is 1. The lowest BCUT2D eigenvalue weighted by atomic mass is 10.2. The fourth-order valence-corrected chi connectivity index (χ4v) is 1.17. The van der Waals surface area contributed by atoms with Crippen LogP contribution in [0.15, 0.2) is 12.3 Å². The molecule has 19 heavy (non-hydrogen) atoms. The van der Waals surface area contributed by atoms with Crippen molar-refractivity contribution < 1.29 is 32.2 Å². The zero-order valence-corrected chi connectivity index (χ0v) is 9.50. The molecule has 0 bridgehead atoms. The second-order valence-corrected chi connectivity index (χ2v) is 3.45.